The third-order valence-electron chi connectivity index (χ3n) is 3.28. The van der Waals surface area contributed by atoms with Crippen LogP contribution in [0, 0.1) is 6.92 Å². The Hall–Kier alpha value is -1.81. The summed E-state index contributed by atoms with van der Waals surface area (Å²) in [7, 11) is 0. The number of carboxylic acids is 1. The zero-order chi connectivity index (χ0) is 13.6. The second-order valence-electron chi connectivity index (χ2n) is 4.66. The van der Waals surface area contributed by atoms with Crippen molar-refractivity contribution in [2.24, 2.45) is 0 Å². The summed E-state index contributed by atoms with van der Waals surface area (Å²) < 4.78 is 2.84. The summed E-state index contributed by atoms with van der Waals surface area (Å²) in [6.07, 6.45) is 0. The molecule has 0 fully saturated rings. The molecule has 19 heavy (non-hydrogen) atoms. The Morgan fingerprint density at radius 2 is 1.79 bits per heavy atom. The van der Waals surface area contributed by atoms with Gasteiger partial charge in [-0.05, 0) is 37.3 Å². The molecule has 0 aliphatic heterocycles. The van der Waals surface area contributed by atoms with Crippen LogP contribution in [0.25, 0.3) is 21.8 Å². The Morgan fingerprint density at radius 1 is 1.16 bits per heavy atom. The van der Waals surface area contributed by atoms with E-state index in [-0.39, 0.29) is 6.54 Å². The van der Waals surface area contributed by atoms with Crippen LogP contribution in [0.15, 0.2) is 40.9 Å². The first kappa shape index (κ1) is 12.2. The molecule has 3 rings (SSSR count). The van der Waals surface area contributed by atoms with E-state index in [2.05, 4.69) is 22.0 Å². The number of rotatable bonds is 2. The molecule has 2 aromatic carbocycles. The van der Waals surface area contributed by atoms with Gasteiger partial charge in [0.2, 0.25) is 0 Å². The highest BCUT2D eigenvalue weighted by Crippen LogP contribution is 2.31. The Morgan fingerprint density at radius 3 is 2.47 bits per heavy atom. The smallest absolute Gasteiger partial charge is 0.323 e. The molecule has 1 N–H and O–H groups in total. The van der Waals surface area contributed by atoms with Crippen molar-refractivity contribution in [1.82, 2.24) is 4.57 Å². The van der Waals surface area contributed by atoms with E-state index in [4.69, 9.17) is 5.11 Å². The monoisotopic (exact) mass is 317 g/mol. The van der Waals surface area contributed by atoms with Crippen LogP contribution in [0.2, 0.25) is 0 Å². The van der Waals surface area contributed by atoms with Gasteiger partial charge in [0.15, 0.2) is 0 Å². The number of aryl methyl sites for hydroxylation is 1. The summed E-state index contributed by atoms with van der Waals surface area (Å²) in [4.78, 5) is 11.1. The Kier molecular flexibility index (Phi) is 2.82. The third-order valence-corrected chi connectivity index (χ3v) is 3.77. The molecule has 3 aromatic rings. The minimum Gasteiger partial charge on any atom is -0.480 e. The number of carboxylic acid groups (broad SMARTS) is 1. The van der Waals surface area contributed by atoms with E-state index in [1.54, 1.807) is 0 Å². The highest BCUT2D eigenvalue weighted by molar-refractivity contribution is 9.10. The van der Waals surface area contributed by atoms with Crippen LogP contribution >= 0.6 is 15.9 Å². The summed E-state index contributed by atoms with van der Waals surface area (Å²) in [5, 5.41) is 11.3. The van der Waals surface area contributed by atoms with Gasteiger partial charge in [0.25, 0.3) is 0 Å². The maximum absolute atomic E-state index is 11.1. The molecule has 0 saturated carbocycles. The predicted octanol–water partition coefficient (Wildman–Crippen LogP) is 3.95. The average Bonchev–Trinajstić information content (AvgIpc) is 2.62. The molecule has 0 aliphatic carbocycles. The minimum absolute atomic E-state index is 0.0231. The topological polar surface area (TPSA) is 42.2 Å². The van der Waals surface area contributed by atoms with Gasteiger partial charge in [-0.15, -0.1) is 0 Å². The number of halogens is 1. The maximum Gasteiger partial charge on any atom is 0.323 e. The highest BCUT2D eigenvalue weighted by Gasteiger charge is 2.12. The molecule has 0 bridgehead atoms. The largest absolute Gasteiger partial charge is 0.480 e. The van der Waals surface area contributed by atoms with Crippen molar-refractivity contribution in [2.45, 2.75) is 13.5 Å². The first-order chi connectivity index (χ1) is 9.06. The molecule has 3 nitrogen and oxygen atoms in total. The number of carbonyl (C=O) groups is 1. The molecule has 0 saturated heterocycles. The standard InChI is InChI=1S/C15H12BrNO2/c1-9-2-4-13-11(6-9)12-7-10(16)3-5-14(12)17(13)8-15(18)19/h2-7H,8H2,1H3,(H,18,19). The van der Waals surface area contributed by atoms with Gasteiger partial charge in [0, 0.05) is 26.3 Å². The SMILES string of the molecule is Cc1ccc2c(c1)c1cc(Br)ccc1n2CC(=O)O. The Labute approximate surface area is 118 Å². The zero-order valence-electron chi connectivity index (χ0n) is 10.4. The number of aliphatic carboxylic acids is 1. The van der Waals surface area contributed by atoms with E-state index in [1.807, 2.05) is 41.8 Å². The maximum atomic E-state index is 11.1. The van der Waals surface area contributed by atoms with Crippen LogP contribution in [0.3, 0.4) is 0 Å². The van der Waals surface area contributed by atoms with Crippen molar-refractivity contribution < 1.29 is 9.90 Å². The lowest BCUT2D eigenvalue weighted by Crippen LogP contribution is -2.08. The van der Waals surface area contributed by atoms with Gasteiger partial charge in [-0.2, -0.15) is 0 Å². The van der Waals surface area contributed by atoms with Gasteiger partial charge < -0.3 is 9.67 Å². The summed E-state index contributed by atoms with van der Waals surface area (Å²) in [5.41, 5.74) is 3.08. The summed E-state index contributed by atoms with van der Waals surface area (Å²) in [5.74, 6) is -0.831. The molecule has 0 aliphatic rings. The van der Waals surface area contributed by atoms with Gasteiger partial charge >= 0.3 is 5.97 Å². The number of fused-ring (bicyclic) bond motifs is 3. The molecule has 0 spiro atoms. The lowest BCUT2D eigenvalue weighted by atomic mass is 10.1. The summed E-state index contributed by atoms with van der Waals surface area (Å²) in [6, 6.07) is 12.0. The lowest BCUT2D eigenvalue weighted by Gasteiger charge is -2.03. The Balaban J connectivity index is 2.46. The molecule has 0 unspecified atom stereocenters. The fourth-order valence-electron chi connectivity index (χ4n) is 2.50. The molecule has 96 valence electrons. The fraction of sp³-hybridized carbons (Fsp3) is 0.133. The highest BCUT2D eigenvalue weighted by atomic mass is 79.9. The van der Waals surface area contributed by atoms with Crippen LogP contribution in [0.5, 0.6) is 0 Å². The zero-order valence-corrected chi connectivity index (χ0v) is 11.9. The lowest BCUT2D eigenvalue weighted by molar-refractivity contribution is -0.137. The predicted molar refractivity (Wildman–Crippen MR) is 79.5 cm³/mol. The van der Waals surface area contributed by atoms with Crippen molar-refractivity contribution in [3.63, 3.8) is 0 Å². The molecule has 0 radical (unpaired) electrons. The van der Waals surface area contributed by atoms with Crippen molar-refractivity contribution in [3.05, 3.63) is 46.4 Å². The number of benzene rings is 2. The van der Waals surface area contributed by atoms with Crippen molar-refractivity contribution in [1.29, 1.82) is 0 Å². The van der Waals surface area contributed by atoms with E-state index >= 15 is 0 Å². The van der Waals surface area contributed by atoms with E-state index in [0.717, 1.165) is 26.3 Å². The Bertz CT molecular complexity index is 745. The fourth-order valence-corrected chi connectivity index (χ4v) is 2.86. The number of aromatic nitrogens is 1. The van der Waals surface area contributed by atoms with Gasteiger partial charge in [-0.25, -0.2) is 0 Å². The van der Waals surface area contributed by atoms with Crippen molar-refractivity contribution >= 4 is 43.7 Å². The number of hydrogen-bond acceptors (Lipinski definition) is 1. The molecule has 1 aromatic heterocycles. The molecule has 0 atom stereocenters. The number of hydrogen-bond donors (Lipinski definition) is 1. The quantitative estimate of drug-likeness (QED) is 0.777. The number of nitrogens with zero attached hydrogens (tertiary/aromatic N) is 1. The molecule has 1 heterocycles. The van der Waals surface area contributed by atoms with Gasteiger partial charge in [-0.1, -0.05) is 27.6 Å². The van der Waals surface area contributed by atoms with Crippen LogP contribution in [-0.2, 0) is 11.3 Å². The molecular weight excluding hydrogens is 306 g/mol. The first-order valence-electron chi connectivity index (χ1n) is 5.96. The van der Waals surface area contributed by atoms with Crippen LogP contribution in [0.1, 0.15) is 5.56 Å². The molecule has 4 heteroatoms. The summed E-state index contributed by atoms with van der Waals surface area (Å²) in [6.45, 7) is 2.02. The van der Waals surface area contributed by atoms with E-state index in [9.17, 15) is 4.79 Å². The van der Waals surface area contributed by atoms with Gasteiger partial charge in [-0.3, -0.25) is 4.79 Å². The summed E-state index contributed by atoms with van der Waals surface area (Å²) >= 11 is 3.47. The van der Waals surface area contributed by atoms with Gasteiger partial charge in [0.1, 0.15) is 6.54 Å². The second-order valence-corrected chi connectivity index (χ2v) is 5.58. The average molecular weight is 318 g/mol. The van der Waals surface area contributed by atoms with E-state index in [0.29, 0.717) is 0 Å². The molecule has 0 amide bonds. The van der Waals surface area contributed by atoms with Crippen LogP contribution in [-0.4, -0.2) is 15.6 Å². The second kappa shape index (κ2) is 4.38. The molecular formula is C15H12BrNO2. The van der Waals surface area contributed by atoms with Gasteiger partial charge in [0.05, 0.1) is 0 Å². The normalized spacial score (nSPS) is 11.3. The van der Waals surface area contributed by atoms with Crippen molar-refractivity contribution in [2.75, 3.05) is 0 Å². The van der Waals surface area contributed by atoms with Crippen LogP contribution in [0.4, 0.5) is 0 Å². The third kappa shape index (κ3) is 2.02. The first-order valence-corrected chi connectivity index (χ1v) is 6.75. The van der Waals surface area contributed by atoms with Crippen molar-refractivity contribution in [3.8, 4) is 0 Å². The van der Waals surface area contributed by atoms with E-state index < -0.39 is 5.97 Å². The van der Waals surface area contributed by atoms with Crippen LogP contribution < -0.4 is 0 Å². The van der Waals surface area contributed by atoms with E-state index in [1.165, 1.54) is 5.56 Å². The minimum atomic E-state index is -0.831.